The molecule has 0 bridgehead atoms. The van der Waals surface area contributed by atoms with Crippen LogP contribution >= 0.6 is 0 Å². The van der Waals surface area contributed by atoms with Crippen molar-refractivity contribution in [3.05, 3.63) is 23.8 Å². The van der Waals surface area contributed by atoms with Gasteiger partial charge in [-0.15, -0.1) is 0 Å². The SMILES string of the molecule is Cc1cc(NC(O)c2nn(C3CC(C)(C)C3)c3ncnc(N)c23)n[nH]1. The smallest absolute Gasteiger partial charge is 0.171 e. The molecule has 0 aliphatic heterocycles. The molecule has 1 aliphatic carbocycles. The molecule has 1 aliphatic rings. The number of nitrogens with two attached hydrogens (primary N) is 1. The highest BCUT2D eigenvalue weighted by Crippen LogP contribution is 2.48. The first-order chi connectivity index (χ1) is 11.8. The predicted molar refractivity (Wildman–Crippen MR) is 93.7 cm³/mol. The van der Waals surface area contributed by atoms with Crippen LogP contribution in [-0.2, 0) is 0 Å². The third-order valence-corrected chi connectivity index (χ3v) is 4.72. The van der Waals surface area contributed by atoms with E-state index in [1.165, 1.54) is 6.33 Å². The molecule has 132 valence electrons. The lowest BCUT2D eigenvalue weighted by atomic mass is 9.68. The van der Waals surface area contributed by atoms with Gasteiger partial charge >= 0.3 is 0 Å². The molecule has 0 spiro atoms. The maximum absolute atomic E-state index is 10.6. The number of hydrogen-bond acceptors (Lipinski definition) is 7. The van der Waals surface area contributed by atoms with Crippen molar-refractivity contribution in [1.29, 1.82) is 0 Å². The van der Waals surface area contributed by atoms with E-state index in [9.17, 15) is 5.11 Å². The second-order valence-electron chi connectivity index (χ2n) is 7.50. The van der Waals surface area contributed by atoms with Crippen LogP contribution in [0.15, 0.2) is 12.4 Å². The molecule has 4 rings (SSSR count). The van der Waals surface area contributed by atoms with Crippen LogP contribution in [0.1, 0.15) is 50.3 Å². The number of fused-ring (bicyclic) bond motifs is 1. The van der Waals surface area contributed by atoms with Gasteiger partial charge in [-0.25, -0.2) is 14.6 Å². The Kier molecular flexibility index (Phi) is 3.43. The van der Waals surface area contributed by atoms with Crippen LogP contribution in [0.25, 0.3) is 11.0 Å². The number of nitrogens with zero attached hydrogens (tertiary/aromatic N) is 5. The molecule has 1 saturated carbocycles. The van der Waals surface area contributed by atoms with Gasteiger partial charge in [-0.05, 0) is 25.2 Å². The van der Waals surface area contributed by atoms with Crippen LogP contribution in [0.5, 0.6) is 0 Å². The summed E-state index contributed by atoms with van der Waals surface area (Å²) in [7, 11) is 0. The summed E-state index contributed by atoms with van der Waals surface area (Å²) in [6.45, 7) is 6.35. The number of rotatable bonds is 4. The van der Waals surface area contributed by atoms with E-state index in [2.05, 4.69) is 44.4 Å². The normalized spacial score (nSPS) is 18.2. The minimum Gasteiger partial charge on any atom is -0.383 e. The number of H-pyrrole nitrogens is 1. The highest BCUT2D eigenvalue weighted by molar-refractivity contribution is 5.88. The van der Waals surface area contributed by atoms with Gasteiger partial charge in [-0.1, -0.05) is 13.8 Å². The van der Waals surface area contributed by atoms with Gasteiger partial charge in [0.25, 0.3) is 0 Å². The lowest BCUT2D eigenvalue weighted by Crippen LogP contribution is -2.34. The maximum Gasteiger partial charge on any atom is 0.171 e. The highest BCUT2D eigenvalue weighted by Gasteiger charge is 2.39. The molecule has 1 unspecified atom stereocenters. The molecular formula is C16H22N8O. The predicted octanol–water partition coefficient (Wildman–Crippen LogP) is 1.90. The number of aromatic amines is 1. The van der Waals surface area contributed by atoms with E-state index in [0.717, 1.165) is 18.5 Å². The number of aryl methyl sites for hydroxylation is 1. The first-order valence-electron chi connectivity index (χ1n) is 8.29. The number of nitrogen functional groups attached to an aromatic ring is 1. The summed E-state index contributed by atoms with van der Waals surface area (Å²) < 4.78 is 1.87. The highest BCUT2D eigenvalue weighted by atomic mass is 16.3. The number of aliphatic hydroxyl groups excluding tert-OH is 1. The van der Waals surface area contributed by atoms with Crippen LogP contribution in [0.4, 0.5) is 11.6 Å². The van der Waals surface area contributed by atoms with Gasteiger partial charge in [0.15, 0.2) is 11.9 Å². The molecule has 9 heteroatoms. The zero-order valence-electron chi connectivity index (χ0n) is 14.5. The Bertz CT molecular complexity index is 920. The minimum atomic E-state index is -1.06. The van der Waals surface area contributed by atoms with Crippen LogP contribution in [0.3, 0.4) is 0 Å². The van der Waals surface area contributed by atoms with Crippen molar-refractivity contribution in [3.63, 3.8) is 0 Å². The molecule has 5 N–H and O–H groups in total. The summed E-state index contributed by atoms with van der Waals surface area (Å²) in [5.74, 6) is 0.844. The van der Waals surface area contributed by atoms with Gasteiger partial charge in [0.2, 0.25) is 0 Å². The zero-order chi connectivity index (χ0) is 17.8. The van der Waals surface area contributed by atoms with Crippen molar-refractivity contribution in [2.75, 3.05) is 11.1 Å². The fourth-order valence-corrected chi connectivity index (χ4v) is 3.56. The van der Waals surface area contributed by atoms with E-state index < -0.39 is 6.23 Å². The van der Waals surface area contributed by atoms with Crippen molar-refractivity contribution < 1.29 is 5.11 Å². The van der Waals surface area contributed by atoms with Gasteiger partial charge < -0.3 is 16.2 Å². The molecule has 0 aromatic carbocycles. The molecule has 0 saturated heterocycles. The fourth-order valence-electron chi connectivity index (χ4n) is 3.56. The maximum atomic E-state index is 10.6. The minimum absolute atomic E-state index is 0.250. The van der Waals surface area contributed by atoms with Crippen molar-refractivity contribution >= 4 is 22.7 Å². The summed E-state index contributed by atoms with van der Waals surface area (Å²) in [5.41, 5.74) is 8.31. The van der Waals surface area contributed by atoms with Gasteiger partial charge in [-0.3, -0.25) is 5.10 Å². The molecule has 1 fully saturated rings. The Morgan fingerprint density at radius 2 is 2.16 bits per heavy atom. The molecule has 1 atom stereocenters. The standard InChI is InChI=1S/C16H22N8O/c1-8-4-10(22-21-8)20-15(25)12-11-13(17)18-7-19-14(11)24(23-12)9-5-16(2,3)6-9/h4,7,9,15,25H,5-6H2,1-3H3,(H2,17,18,19)(H2,20,21,22). The van der Waals surface area contributed by atoms with Gasteiger partial charge in [0.05, 0.1) is 11.4 Å². The lowest BCUT2D eigenvalue weighted by molar-refractivity contribution is 0.0960. The van der Waals surface area contributed by atoms with Gasteiger partial charge in [0.1, 0.15) is 23.7 Å². The van der Waals surface area contributed by atoms with E-state index in [1.54, 1.807) is 6.07 Å². The zero-order valence-corrected chi connectivity index (χ0v) is 14.5. The van der Waals surface area contributed by atoms with Crippen LogP contribution in [0, 0.1) is 12.3 Å². The lowest BCUT2D eigenvalue weighted by Gasteiger charge is -2.42. The second-order valence-corrected chi connectivity index (χ2v) is 7.50. The molecule has 3 heterocycles. The van der Waals surface area contributed by atoms with E-state index in [4.69, 9.17) is 5.73 Å². The van der Waals surface area contributed by atoms with Gasteiger partial charge in [0, 0.05) is 11.8 Å². The van der Waals surface area contributed by atoms with E-state index in [0.29, 0.717) is 33.8 Å². The number of aromatic nitrogens is 6. The van der Waals surface area contributed by atoms with Crippen molar-refractivity contribution in [1.82, 2.24) is 29.9 Å². The quantitative estimate of drug-likeness (QED) is 0.533. The molecule has 9 nitrogen and oxygen atoms in total. The average Bonchev–Trinajstić information content (AvgIpc) is 3.09. The first-order valence-corrected chi connectivity index (χ1v) is 8.29. The van der Waals surface area contributed by atoms with Crippen LogP contribution in [-0.4, -0.2) is 35.1 Å². The van der Waals surface area contributed by atoms with Crippen LogP contribution in [0.2, 0.25) is 0 Å². The van der Waals surface area contributed by atoms with Crippen LogP contribution < -0.4 is 11.1 Å². The first kappa shape index (κ1) is 15.8. The summed E-state index contributed by atoms with van der Waals surface area (Å²) in [6.07, 6.45) is 2.39. The number of aliphatic hydroxyl groups is 1. The largest absolute Gasteiger partial charge is 0.383 e. The third-order valence-electron chi connectivity index (χ3n) is 4.72. The van der Waals surface area contributed by atoms with E-state index in [-0.39, 0.29) is 6.04 Å². The summed E-state index contributed by atoms with van der Waals surface area (Å²) >= 11 is 0. The third kappa shape index (κ3) is 2.70. The number of anilines is 2. The molecule has 0 radical (unpaired) electrons. The summed E-state index contributed by atoms with van der Waals surface area (Å²) in [6, 6.07) is 2.05. The van der Waals surface area contributed by atoms with Crippen molar-refractivity contribution in [3.8, 4) is 0 Å². The molecule has 25 heavy (non-hydrogen) atoms. The van der Waals surface area contributed by atoms with E-state index >= 15 is 0 Å². The summed E-state index contributed by atoms with van der Waals surface area (Å²) in [5, 5.41) is 25.7. The average molecular weight is 342 g/mol. The number of hydrogen-bond donors (Lipinski definition) is 4. The Hall–Kier alpha value is -2.68. The summed E-state index contributed by atoms with van der Waals surface area (Å²) in [4.78, 5) is 8.41. The Labute approximate surface area is 144 Å². The van der Waals surface area contributed by atoms with Gasteiger partial charge in [-0.2, -0.15) is 10.2 Å². The topological polar surface area (TPSA) is 131 Å². The molecular weight excluding hydrogens is 320 g/mol. The van der Waals surface area contributed by atoms with Crippen molar-refractivity contribution in [2.24, 2.45) is 5.41 Å². The Morgan fingerprint density at radius 1 is 1.40 bits per heavy atom. The Balaban J connectivity index is 1.73. The second kappa shape index (κ2) is 5.41. The Morgan fingerprint density at radius 3 is 2.80 bits per heavy atom. The van der Waals surface area contributed by atoms with E-state index in [1.807, 2.05) is 11.6 Å². The number of nitrogens with one attached hydrogen (secondary N) is 2. The molecule has 0 amide bonds. The monoisotopic (exact) mass is 342 g/mol. The molecule has 3 aromatic rings. The van der Waals surface area contributed by atoms with Crippen molar-refractivity contribution in [2.45, 2.75) is 45.9 Å². The molecule has 3 aromatic heterocycles. The fraction of sp³-hybridized carbons (Fsp3) is 0.500.